The minimum atomic E-state index is -0.939. The molecular weight excluding hydrogens is 204 g/mol. The van der Waals surface area contributed by atoms with E-state index in [1.54, 1.807) is 0 Å². The van der Waals surface area contributed by atoms with E-state index >= 15 is 0 Å². The Hall–Kier alpha value is -1.49. The molecule has 5 heteroatoms. The number of rotatable bonds is 4. The maximum Gasteiger partial charge on any atom is 0.322 e. The van der Waals surface area contributed by atoms with Crippen LogP contribution in [0.25, 0.3) is 0 Å². The second-order valence-corrected chi connectivity index (χ2v) is 3.06. The number of hydrogen-bond acceptors (Lipinski definition) is 3. The van der Waals surface area contributed by atoms with E-state index in [9.17, 15) is 13.6 Å². The molecule has 0 amide bonds. The molecule has 0 bridgehead atoms. The number of esters is 1. The van der Waals surface area contributed by atoms with Crippen LogP contribution in [0.15, 0.2) is 18.2 Å². The standard InChI is InChI=1S/C10H11F2NO2/c1-15-10(14)9(13)4-6-2-7(11)5-8(12)3-6/h2-3,5,9H,4,13H2,1H3/t9-/m0/s1/i/hT. The van der Waals surface area contributed by atoms with E-state index in [-0.39, 0.29) is 12.0 Å². The van der Waals surface area contributed by atoms with Crippen LogP contribution in [0, 0.1) is 11.6 Å². The molecule has 0 radical (unpaired) electrons. The Morgan fingerprint density at radius 1 is 1.53 bits per heavy atom. The third kappa shape index (κ3) is 3.28. The van der Waals surface area contributed by atoms with Gasteiger partial charge in [0.15, 0.2) is 0 Å². The maximum absolute atomic E-state index is 12.8. The lowest BCUT2D eigenvalue weighted by Crippen LogP contribution is -2.33. The summed E-state index contributed by atoms with van der Waals surface area (Å²) in [5.41, 5.74) is 2.26. The fraction of sp³-hybridized carbons (Fsp3) is 0.300. The number of nitrogens with two attached hydrogens (primary N) is 1. The highest BCUT2D eigenvalue weighted by atomic mass is 19.1. The van der Waals surface area contributed by atoms with E-state index in [4.69, 9.17) is 1.41 Å². The van der Waals surface area contributed by atoms with Gasteiger partial charge < -0.3 is 10.5 Å². The molecule has 0 heterocycles. The van der Waals surface area contributed by atoms with Crippen molar-refractivity contribution in [3.63, 3.8) is 0 Å². The summed E-state index contributed by atoms with van der Waals surface area (Å²) in [4.78, 5) is 11.1. The Labute approximate surface area is 87.3 Å². The summed E-state index contributed by atoms with van der Waals surface area (Å²) in [6.07, 6.45) is -0.00907. The van der Waals surface area contributed by atoms with E-state index < -0.39 is 23.6 Å². The average molecular weight is 217 g/mol. The summed E-state index contributed by atoms with van der Waals surface area (Å²) < 4.78 is 37.0. The van der Waals surface area contributed by atoms with E-state index in [1.807, 2.05) is 5.73 Å². The molecule has 0 spiro atoms. The highest BCUT2D eigenvalue weighted by Crippen LogP contribution is 2.09. The second kappa shape index (κ2) is 4.84. The van der Waals surface area contributed by atoms with Gasteiger partial charge in [-0.25, -0.2) is 8.78 Å². The van der Waals surface area contributed by atoms with Gasteiger partial charge in [-0.15, -0.1) is 0 Å². The first-order valence-electron chi connectivity index (χ1n) is 4.77. The third-order valence-corrected chi connectivity index (χ3v) is 1.85. The quantitative estimate of drug-likeness (QED) is 0.766. The van der Waals surface area contributed by atoms with Crippen molar-refractivity contribution in [2.45, 2.75) is 12.5 Å². The monoisotopic (exact) mass is 217 g/mol. The SMILES string of the molecule is [3H]N[C@@H](Cc1cc(F)cc(F)c1)C(=O)OC. The molecule has 0 aliphatic heterocycles. The summed E-state index contributed by atoms with van der Waals surface area (Å²) in [6, 6.07) is 2.02. The van der Waals surface area contributed by atoms with Crippen LogP contribution in [0.3, 0.4) is 0 Å². The molecule has 3 nitrogen and oxygen atoms in total. The van der Waals surface area contributed by atoms with Gasteiger partial charge in [0.05, 0.1) is 7.11 Å². The van der Waals surface area contributed by atoms with Crippen molar-refractivity contribution >= 4 is 5.97 Å². The first-order chi connectivity index (χ1) is 7.56. The summed E-state index contributed by atoms with van der Waals surface area (Å²) >= 11 is 0. The fourth-order valence-corrected chi connectivity index (χ4v) is 1.19. The molecule has 0 unspecified atom stereocenters. The van der Waals surface area contributed by atoms with Gasteiger partial charge >= 0.3 is 5.97 Å². The van der Waals surface area contributed by atoms with E-state index in [0.717, 1.165) is 18.2 Å². The smallest absolute Gasteiger partial charge is 0.322 e. The second-order valence-electron chi connectivity index (χ2n) is 3.06. The molecule has 0 aliphatic carbocycles. The Kier molecular flexibility index (Phi) is 3.24. The van der Waals surface area contributed by atoms with Crippen LogP contribution in [-0.4, -0.2) is 19.1 Å². The number of ether oxygens (including phenoxy) is 1. The Balaban J connectivity index is 2.81. The number of benzene rings is 1. The first-order valence-corrected chi connectivity index (χ1v) is 4.27. The van der Waals surface area contributed by atoms with Crippen molar-refractivity contribution in [2.24, 2.45) is 5.73 Å². The number of carbonyl (C=O) groups is 1. The van der Waals surface area contributed by atoms with Crippen LogP contribution >= 0.6 is 0 Å². The van der Waals surface area contributed by atoms with Crippen molar-refractivity contribution in [1.82, 2.24) is 0 Å². The highest BCUT2D eigenvalue weighted by molar-refractivity contribution is 5.75. The van der Waals surface area contributed by atoms with Crippen LogP contribution in [0.4, 0.5) is 8.78 Å². The van der Waals surface area contributed by atoms with Crippen LogP contribution in [0.1, 0.15) is 5.56 Å². The van der Waals surface area contributed by atoms with E-state index in [1.165, 1.54) is 7.11 Å². The summed E-state index contributed by atoms with van der Waals surface area (Å²) in [7, 11) is 1.18. The molecule has 2 N–H and O–H groups in total. The Morgan fingerprint density at radius 2 is 2.13 bits per heavy atom. The predicted molar refractivity (Wildman–Crippen MR) is 50.1 cm³/mol. The van der Waals surface area contributed by atoms with Gasteiger partial charge in [0.1, 0.15) is 19.1 Å². The molecule has 1 aromatic rings. The van der Waals surface area contributed by atoms with Gasteiger partial charge in [-0.05, 0) is 24.1 Å². The number of halogens is 2. The molecule has 1 rings (SSSR count). The van der Waals surface area contributed by atoms with Gasteiger partial charge in [0.2, 0.25) is 0 Å². The predicted octanol–water partition coefficient (Wildman–Crippen LogP) is 1.01. The molecule has 0 aromatic heterocycles. The van der Waals surface area contributed by atoms with Crippen molar-refractivity contribution in [1.29, 1.82) is 0 Å². The summed E-state index contributed by atoms with van der Waals surface area (Å²) in [5, 5.41) is 0. The molecule has 0 fully saturated rings. The van der Waals surface area contributed by atoms with Crippen molar-refractivity contribution in [3.8, 4) is 0 Å². The lowest BCUT2D eigenvalue weighted by Gasteiger charge is -2.09. The molecule has 0 saturated carbocycles. The molecule has 1 aromatic carbocycles. The van der Waals surface area contributed by atoms with Gasteiger partial charge in [0, 0.05) is 6.07 Å². The van der Waals surface area contributed by atoms with Gasteiger partial charge in [-0.3, -0.25) is 4.79 Å². The van der Waals surface area contributed by atoms with Gasteiger partial charge in [0.25, 0.3) is 0 Å². The van der Waals surface area contributed by atoms with Crippen molar-refractivity contribution < 1.29 is 19.7 Å². The zero-order valence-electron chi connectivity index (χ0n) is 9.09. The van der Waals surface area contributed by atoms with Crippen LogP contribution in [0.5, 0.6) is 0 Å². The minimum absolute atomic E-state index is 0.00907. The first kappa shape index (κ1) is 10.0. The zero-order valence-corrected chi connectivity index (χ0v) is 8.09. The van der Waals surface area contributed by atoms with Crippen LogP contribution in [0.2, 0.25) is 1.41 Å². The van der Waals surface area contributed by atoms with E-state index in [0.29, 0.717) is 0 Å². The minimum Gasteiger partial charge on any atom is -0.468 e. The normalized spacial score (nSPS) is 13.1. The van der Waals surface area contributed by atoms with Crippen LogP contribution < -0.4 is 5.73 Å². The summed E-state index contributed by atoms with van der Waals surface area (Å²) in [6.45, 7) is 0. The highest BCUT2D eigenvalue weighted by Gasteiger charge is 2.14. The number of carbonyl (C=O) groups excluding carboxylic acids is 1. The van der Waals surface area contributed by atoms with Crippen LogP contribution in [-0.2, 0) is 16.0 Å². The Morgan fingerprint density at radius 3 is 2.60 bits per heavy atom. The van der Waals surface area contributed by atoms with E-state index in [2.05, 4.69) is 4.74 Å². The number of hydrogen-bond donors (Lipinski definition) is 1. The molecule has 15 heavy (non-hydrogen) atoms. The third-order valence-electron chi connectivity index (χ3n) is 1.85. The maximum atomic E-state index is 12.8. The average Bonchev–Trinajstić information content (AvgIpc) is 2.23. The molecule has 0 saturated heterocycles. The largest absolute Gasteiger partial charge is 0.468 e. The molecule has 82 valence electrons. The van der Waals surface area contributed by atoms with Crippen molar-refractivity contribution in [3.05, 3.63) is 35.4 Å². The molecular formula is C10H11F2NO2. The molecule has 0 aliphatic rings. The Bertz CT molecular complexity index is 367. The summed E-state index contributed by atoms with van der Waals surface area (Å²) in [5.74, 6) is -2.09. The number of methoxy groups -OCH3 is 1. The van der Waals surface area contributed by atoms with Gasteiger partial charge in [-0.1, -0.05) is 0 Å². The lowest BCUT2D eigenvalue weighted by molar-refractivity contribution is -0.142. The fourth-order valence-electron chi connectivity index (χ4n) is 1.19. The lowest BCUT2D eigenvalue weighted by atomic mass is 10.1. The topological polar surface area (TPSA) is 52.3 Å². The van der Waals surface area contributed by atoms with Gasteiger partial charge in [-0.2, -0.15) is 0 Å². The molecule has 1 atom stereocenters. The van der Waals surface area contributed by atoms with Crippen molar-refractivity contribution in [2.75, 3.05) is 7.11 Å². The zero-order chi connectivity index (χ0) is 12.1.